The maximum Gasteiger partial charge on any atom is 0.277 e. The van der Waals surface area contributed by atoms with Crippen LogP contribution in [0.2, 0.25) is 0 Å². The van der Waals surface area contributed by atoms with Gasteiger partial charge in [0.05, 0.1) is 17.6 Å². The maximum atomic E-state index is 13.2. The van der Waals surface area contributed by atoms with E-state index in [2.05, 4.69) is 33.9 Å². The van der Waals surface area contributed by atoms with Crippen LogP contribution in [0.1, 0.15) is 23.7 Å². The minimum Gasteiger partial charge on any atom is -0.508 e. The number of hydrogen-bond acceptors (Lipinski definition) is 5. The van der Waals surface area contributed by atoms with E-state index >= 15 is 0 Å². The molecule has 1 N–H and O–H groups in total. The Hall–Kier alpha value is -3.93. The second-order valence-corrected chi connectivity index (χ2v) is 7.36. The third-order valence-electron chi connectivity index (χ3n) is 5.29. The molecule has 2 aromatic carbocycles. The smallest absolute Gasteiger partial charge is 0.277 e. The zero-order valence-corrected chi connectivity index (χ0v) is 17.6. The summed E-state index contributed by atoms with van der Waals surface area (Å²) in [5, 5.41) is 9.91. The largest absolute Gasteiger partial charge is 0.508 e. The van der Waals surface area contributed by atoms with Crippen molar-refractivity contribution in [1.29, 1.82) is 0 Å². The third-order valence-corrected chi connectivity index (χ3v) is 5.29. The zero-order chi connectivity index (χ0) is 21.8. The van der Waals surface area contributed by atoms with Crippen LogP contribution in [-0.2, 0) is 6.54 Å². The van der Waals surface area contributed by atoms with Gasteiger partial charge in [0, 0.05) is 37.7 Å². The molecule has 6 heteroatoms. The maximum absolute atomic E-state index is 13.2. The zero-order valence-electron chi connectivity index (χ0n) is 17.6. The second-order valence-electron chi connectivity index (χ2n) is 7.36. The van der Waals surface area contributed by atoms with Crippen molar-refractivity contribution in [2.45, 2.75) is 13.5 Å². The van der Waals surface area contributed by atoms with Crippen LogP contribution in [0.4, 0.5) is 5.69 Å². The van der Waals surface area contributed by atoms with Gasteiger partial charge in [-0.3, -0.25) is 9.78 Å². The molecule has 0 unspecified atom stereocenters. The number of rotatable bonds is 6. The van der Waals surface area contributed by atoms with Crippen molar-refractivity contribution >= 4 is 28.9 Å². The van der Waals surface area contributed by atoms with Gasteiger partial charge in [0.1, 0.15) is 11.4 Å². The minimum atomic E-state index is -0.186. The van der Waals surface area contributed by atoms with Crippen molar-refractivity contribution in [2.24, 2.45) is 0 Å². The first kappa shape index (κ1) is 20.3. The van der Waals surface area contributed by atoms with Gasteiger partial charge in [0.15, 0.2) is 0 Å². The van der Waals surface area contributed by atoms with Crippen molar-refractivity contribution in [1.82, 2.24) is 14.5 Å². The van der Waals surface area contributed by atoms with E-state index in [0.717, 1.165) is 23.4 Å². The average molecular weight is 412 g/mol. The molecule has 0 fully saturated rings. The molecule has 156 valence electrons. The van der Waals surface area contributed by atoms with Gasteiger partial charge < -0.3 is 14.6 Å². The van der Waals surface area contributed by atoms with Crippen LogP contribution in [0, 0.1) is 0 Å². The number of aromatic hydroxyl groups is 1. The number of aromatic nitrogens is 3. The lowest BCUT2D eigenvalue weighted by Gasteiger charge is -2.16. The summed E-state index contributed by atoms with van der Waals surface area (Å²) in [6.45, 7) is 3.43. The predicted molar refractivity (Wildman–Crippen MR) is 125 cm³/mol. The molecule has 0 amide bonds. The van der Waals surface area contributed by atoms with E-state index in [1.165, 1.54) is 0 Å². The summed E-state index contributed by atoms with van der Waals surface area (Å²) in [7, 11) is 2.05. The average Bonchev–Trinajstić information content (AvgIpc) is 2.80. The molecule has 0 bridgehead atoms. The predicted octanol–water partition coefficient (Wildman–Crippen LogP) is 4.17. The highest BCUT2D eigenvalue weighted by molar-refractivity contribution is 5.79. The minimum absolute atomic E-state index is 0.111. The van der Waals surface area contributed by atoms with Crippen LogP contribution in [0.3, 0.4) is 0 Å². The van der Waals surface area contributed by atoms with Crippen molar-refractivity contribution in [3.63, 3.8) is 0 Å². The summed E-state index contributed by atoms with van der Waals surface area (Å²) in [6.07, 6.45) is 7.02. The quantitative estimate of drug-likeness (QED) is 0.515. The number of benzene rings is 2. The molecule has 0 spiro atoms. The molecule has 0 radical (unpaired) electrons. The van der Waals surface area contributed by atoms with Gasteiger partial charge >= 0.3 is 0 Å². The highest BCUT2D eigenvalue weighted by atomic mass is 16.3. The fraction of sp³-hybridized carbons (Fsp3) is 0.160. The van der Waals surface area contributed by atoms with E-state index in [1.54, 1.807) is 41.2 Å². The van der Waals surface area contributed by atoms with Gasteiger partial charge in [-0.25, -0.2) is 4.98 Å². The monoisotopic (exact) mass is 412 g/mol. The Morgan fingerprint density at radius 2 is 1.77 bits per heavy atom. The van der Waals surface area contributed by atoms with Crippen LogP contribution in [0.15, 0.2) is 71.8 Å². The molecule has 0 aliphatic heterocycles. The Morgan fingerprint density at radius 3 is 2.48 bits per heavy atom. The van der Waals surface area contributed by atoms with E-state index in [4.69, 9.17) is 0 Å². The molecule has 0 aliphatic rings. The highest BCUT2D eigenvalue weighted by Gasteiger charge is 2.11. The van der Waals surface area contributed by atoms with Gasteiger partial charge in [0.25, 0.3) is 5.56 Å². The molecular weight excluding hydrogens is 388 g/mol. The fourth-order valence-corrected chi connectivity index (χ4v) is 3.39. The first-order chi connectivity index (χ1) is 15.0. The molecule has 0 saturated carbocycles. The summed E-state index contributed by atoms with van der Waals surface area (Å²) in [5.41, 5.74) is 4.44. The lowest BCUT2D eigenvalue weighted by molar-refractivity contribution is 0.476. The summed E-state index contributed by atoms with van der Waals surface area (Å²) < 4.78 is 1.68. The Morgan fingerprint density at radius 1 is 1.03 bits per heavy atom. The second kappa shape index (κ2) is 8.83. The first-order valence-electron chi connectivity index (χ1n) is 10.2. The molecule has 4 aromatic rings. The first-order valence-corrected chi connectivity index (χ1v) is 10.2. The van der Waals surface area contributed by atoms with E-state index < -0.39 is 0 Å². The molecular formula is C25H24N4O2. The van der Waals surface area contributed by atoms with Crippen molar-refractivity contribution in [3.8, 4) is 5.75 Å². The molecule has 0 saturated heterocycles. The molecule has 4 rings (SSSR count). The summed E-state index contributed by atoms with van der Waals surface area (Å²) in [4.78, 5) is 23.9. The fourth-order valence-electron chi connectivity index (χ4n) is 3.39. The van der Waals surface area contributed by atoms with Crippen molar-refractivity contribution < 1.29 is 5.11 Å². The van der Waals surface area contributed by atoms with Crippen molar-refractivity contribution in [2.75, 3.05) is 18.5 Å². The molecule has 2 aromatic heterocycles. The Kier molecular flexibility index (Phi) is 5.80. The SMILES string of the molecule is CCN(C)c1ccc(/C=C/c2nc3cc(O)ccc3n(Cc3ccncc3)c2=O)cc1. The van der Waals surface area contributed by atoms with Crippen LogP contribution < -0.4 is 10.5 Å². The molecule has 31 heavy (non-hydrogen) atoms. The lowest BCUT2D eigenvalue weighted by atomic mass is 10.1. The molecule has 0 aliphatic carbocycles. The highest BCUT2D eigenvalue weighted by Crippen LogP contribution is 2.19. The standard InChI is InChI=1S/C25H24N4O2/c1-3-28(2)20-7-4-18(5-8-20)6-10-22-25(31)29(17-19-12-14-26-15-13-19)24-11-9-21(30)16-23(24)27-22/h4-16,30H,3,17H2,1-2H3/b10-6+. The van der Waals surface area contributed by atoms with E-state index in [9.17, 15) is 9.90 Å². The topological polar surface area (TPSA) is 71.2 Å². The number of phenols is 1. The Labute approximate surface area is 180 Å². The lowest BCUT2D eigenvalue weighted by Crippen LogP contribution is -2.24. The number of nitrogens with zero attached hydrogens (tertiary/aromatic N) is 4. The van der Waals surface area contributed by atoms with E-state index in [-0.39, 0.29) is 11.3 Å². The normalized spacial score (nSPS) is 11.3. The van der Waals surface area contributed by atoms with Gasteiger partial charge in [-0.15, -0.1) is 0 Å². The Balaban J connectivity index is 1.74. The number of fused-ring (bicyclic) bond motifs is 1. The van der Waals surface area contributed by atoms with Crippen LogP contribution in [0.25, 0.3) is 23.2 Å². The van der Waals surface area contributed by atoms with Gasteiger partial charge in [-0.05, 0) is 60.5 Å². The van der Waals surface area contributed by atoms with Gasteiger partial charge in [0.2, 0.25) is 0 Å². The van der Waals surface area contributed by atoms with Crippen LogP contribution in [-0.4, -0.2) is 33.2 Å². The number of pyridine rings is 1. The summed E-state index contributed by atoms with van der Waals surface area (Å²) in [6, 6.07) is 16.7. The summed E-state index contributed by atoms with van der Waals surface area (Å²) >= 11 is 0. The van der Waals surface area contributed by atoms with E-state index in [1.807, 2.05) is 37.4 Å². The summed E-state index contributed by atoms with van der Waals surface area (Å²) in [5.74, 6) is 0.111. The van der Waals surface area contributed by atoms with Crippen LogP contribution in [0.5, 0.6) is 5.75 Å². The van der Waals surface area contributed by atoms with Crippen LogP contribution >= 0.6 is 0 Å². The molecule has 0 atom stereocenters. The van der Waals surface area contributed by atoms with E-state index in [0.29, 0.717) is 23.3 Å². The Bertz CT molecular complexity index is 1280. The van der Waals surface area contributed by atoms with Gasteiger partial charge in [-0.2, -0.15) is 0 Å². The molecule has 6 nitrogen and oxygen atoms in total. The molecule has 2 heterocycles. The third kappa shape index (κ3) is 4.48. The number of hydrogen-bond donors (Lipinski definition) is 1. The number of anilines is 1. The van der Waals surface area contributed by atoms with Crippen molar-refractivity contribution in [3.05, 3.63) is 94.2 Å². The number of phenolic OH excluding ortho intramolecular Hbond substituents is 1. The van der Waals surface area contributed by atoms with Gasteiger partial charge in [-0.1, -0.05) is 18.2 Å².